The average Bonchev–Trinajstić information content (AvgIpc) is 3.28. The van der Waals surface area contributed by atoms with Gasteiger partial charge in [-0.3, -0.25) is 9.59 Å². The van der Waals surface area contributed by atoms with Crippen molar-refractivity contribution in [3.8, 4) is 0 Å². The highest BCUT2D eigenvalue weighted by molar-refractivity contribution is 5.93. The molecule has 0 bridgehead atoms. The Hall–Kier alpha value is -2.58. The Morgan fingerprint density at radius 2 is 1.90 bits per heavy atom. The monoisotopic (exact) mass is 435 g/mol. The topological polar surface area (TPSA) is 69.6 Å². The van der Waals surface area contributed by atoms with Gasteiger partial charge in [-0.05, 0) is 49.2 Å². The number of carbonyl (C=O) groups excluding carboxylic acids is 2. The Kier molecular flexibility index (Phi) is 6.67. The minimum absolute atomic E-state index is 0. The van der Waals surface area contributed by atoms with E-state index >= 15 is 0 Å². The second-order valence-corrected chi connectivity index (χ2v) is 7.70. The van der Waals surface area contributed by atoms with Gasteiger partial charge in [0.05, 0.1) is 6.67 Å². The zero-order chi connectivity index (χ0) is 20.4. The minimum Gasteiger partial charge on any atom is -0.349 e. The number of rotatable bonds is 5. The third-order valence-electron chi connectivity index (χ3n) is 6.05. The number of halogens is 2. The van der Waals surface area contributed by atoms with Crippen molar-refractivity contribution in [2.75, 3.05) is 37.7 Å². The van der Waals surface area contributed by atoms with Crippen LogP contribution in [0.5, 0.6) is 0 Å². The van der Waals surface area contributed by atoms with Crippen LogP contribution in [0.15, 0.2) is 42.6 Å². The van der Waals surface area contributed by atoms with Crippen molar-refractivity contribution in [3.63, 3.8) is 0 Å². The van der Waals surface area contributed by atoms with E-state index < -0.39 is 5.54 Å². The zero-order valence-electron chi connectivity index (χ0n) is 16.9. The number of carbonyl (C=O) groups is 2. The maximum atomic E-state index is 13.3. The maximum absolute atomic E-state index is 13.3. The molecular formula is C21H27ClFN5O2. The highest BCUT2D eigenvalue weighted by Crippen LogP contribution is 2.36. The summed E-state index contributed by atoms with van der Waals surface area (Å²) in [5, 5.41) is 5.91. The Labute approximate surface area is 181 Å². The van der Waals surface area contributed by atoms with Crippen LogP contribution in [0, 0.1) is 5.82 Å². The molecule has 3 heterocycles. The molecule has 0 aliphatic carbocycles. The Morgan fingerprint density at radius 1 is 1.20 bits per heavy atom. The van der Waals surface area contributed by atoms with Crippen LogP contribution in [0.4, 0.5) is 10.1 Å². The summed E-state index contributed by atoms with van der Waals surface area (Å²) in [6.07, 6.45) is 3.24. The number of amides is 2. The molecule has 1 aromatic heterocycles. The Morgan fingerprint density at radius 3 is 2.53 bits per heavy atom. The van der Waals surface area contributed by atoms with Gasteiger partial charge >= 0.3 is 0 Å². The van der Waals surface area contributed by atoms with E-state index in [1.165, 1.54) is 12.1 Å². The number of benzene rings is 1. The van der Waals surface area contributed by atoms with Gasteiger partial charge in [-0.1, -0.05) is 0 Å². The fraction of sp³-hybridized carbons (Fsp3) is 0.429. The normalized spacial score (nSPS) is 18.2. The largest absolute Gasteiger partial charge is 0.349 e. The smallest absolute Gasteiger partial charge is 0.267 e. The quantitative estimate of drug-likeness (QED) is 0.750. The number of nitrogens with zero attached hydrogens (tertiary/aromatic N) is 3. The maximum Gasteiger partial charge on any atom is 0.267 e. The molecule has 4 rings (SSSR count). The van der Waals surface area contributed by atoms with Crippen LogP contribution in [0.2, 0.25) is 0 Å². The number of piperidine rings is 1. The molecule has 0 atom stereocenters. The van der Waals surface area contributed by atoms with Crippen LogP contribution in [0.3, 0.4) is 0 Å². The Balaban J connectivity index is 0.00000256. The lowest BCUT2D eigenvalue weighted by Gasteiger charge is -2.43. The summed E-state index contributed by atoms with van der Waals surface area (Å²) in [6.45, 7) is 3.28. The predicted molar refractivity (Wildman–Crippen MR) is 115 cm³/mol. The van der Waals surface area contributed by atoms with Crippen molar-refractivity contribution < 1.29 is 14.0 Å². The summed E-state index contributed by atoms with van der Waals surface area (Å²) in [6, 6.07) is 9.94. The fourth-order valence-electron chi connectivity index (χ4n) is 4.31. The molecule has 2 N–H and O–H groups in total. The molecule has 2 aliphatic rings. The van der Waals surface area contributed by atoms with E-state index in [2.05, 4.69) is 20.4 Å². The number of hydrogen-bond acceptors (Lipinski definition) is 4. The summed E-state index contributed by atoms with van der Waals surface area (Å²) in [5.41, 5.74) is 0.911. The molecule has 0 saturated carbocycles. The number of anilines is 1. The van der Waals surface area contributed by atoms with Crippen LogP contribution < -0.4 is 15.5 Å². The predicted octanol–water partition coefficient (Wildman–Crippen LogP) is 1.74. The van der Waals surface area contributed by atoms with Crippen LogP contribution in [-0.4, -0.2) is 59.7 Å². The second kappa shape index (κ2) is 9.06. The highest BCUT2D eigenvalue weighted by Gasteiger charge is 2.50. The van der Waals surface area contributed by atoms with Crippen molar-refractivity contribution in [2.24, 2.45) is 7.05 Å². The number of aryl methyl sites for hydroxylation is 1. The molecule has 30 heavy (non-hydrogen) atoms. The van der Waals surface area contributed by atoms with Gasteiger partial charge in [-0.15, -0.1) is 12.4 Å². The number of aromatic nitrogens is 1. The molecule has 162 valence electrons. The van der Waals surface area contributed by atoms with Crippen LogP contribution in [-0.2, 0) is 11.8 Å². The minimum atomic E-state index is -0.583. The van der Waals surface area contributed by atoms with Gasteiger partial charge in [0.15, 0.2) is 0 Å². The molecule has 2 fully saturated rings. The fourth-order valence-corrected chi connectivity index (χ4v) is 4.31. The molecule has 7 nitrogen and oxygen atoms in total. The first kappa shape index (κ1) is 22.1. The summed E-state index contributed by atoms with van der Waals surface area (Å²) >= 11 is 0. The molecule has 2 aromatic rings. The van der Waals surface area contributed by atoms with Crippen molar-refractivity contribution >= 4 is 29.9 Å². The lowest BCUT2D eigenvalue weighted by molar-refractivity contribution is -0.125. The highest BCUT2D eigenvalue weighted by atomic mass is 35.5. The van der Waals surface area contributed by atoms with E-state index in [0.29, 0.717) is 31.7 Å². The first-order valence-corrected chi connectivity index (χ1v) is 9.93. The van der Waals surface area contributed by atoms with Gasteiger partial charge in [-0.25, -0.2) is 4.39 Å². The molecule has 2 amide bonds. The standard InChI is InChI=1S/C21H26FN5O2.ClH/c1-25-11-2-3-18(25)19(28)23-10-14-26-12-8-21(9-13-26)20(29)24-15-27(21)17-6-4-16(22)5-7-17;/h2-7,11H,8-10,12-15H2,1H3,(H,23,28)(H,24,29);1H. The first-order valence-electron chi connectivity index (χ1n) is 9.93. The van der Waals surface area contributed by atoms with E-state index in [4.69, 9.17) is 0 Å². The lowest BCUT2D eigenvalue weighted by Crippen LogP contribution is -2.57. The second-order valence-electron chi connectivity index (χ2n) is 7.70. The van der Waals surface area contributed by atoms with Crippen molar-refractivity contribution in [1.82, 2.24) is 20.1 Å². The van der Waals surface area contributed by atoms with Gasteiger partial charge in [0.25, 0.3) is 5.91 Å². The molecule has 1 aromatic carbocycles. The van der Waals surface area contributed by atoms with Crippen molar-refractivity contribution in [1.29, 1.82) is 0 Å². The van der Waals surface area contributed by atoms with Gasteiger partial charge in [-0.2, -0.15) is 0 Å². The first-order chi connectivity index (χ1) is 14.0. The third kappa shape index (κ3) is 4.15. The van der Waals surface area contributed by atoms with Crippen molar-refractivity contribution in [2.45, 2.75) is 18.4 Å². The van der Waals surface area contributed by atoms with Gasteiger partial charge in [0.2, 0.25) is 5.91 Å². The molecular weight excluding hydrogens is 409 g/mol. The van der Waals surface area contributed by atoms with Crippen LogP contribution >= 0.6 is 12.4 Å². The Bertz CT molecular complexity index is 893. The molecule has 0 radical (unpaired) electrons. The molecule has 0 unspecified atom stereocenters. The van der Waals surface area contributed by atoms with E-state index in [0.717, 1.165) is 25.3 Å². The summed E-state index contributed by atoms with van der Waals surface area (Å²) in [5.74, 6) is -0.324. The summed E-state index contributed by atoms with van der Waals surface area (Å²) in [4.78, 5) is 29.2. The molecule has 1 spiro atoms. The number of nitrogens with one attached hydrogen (secondary N) is 2. The van der Waals surface area contributed by atoms with Crippen LogP contribution in [0.1, 0.15) is 23.3 Å². The van der Waals surface area contributed by atoms with Gasteiger partial charge in [0.1, 0.15) is 17.1 Å². The van der Waals surface area contributed by atoms with E-state index in [1.807, 2.05) is 19.3 Å². The van der Waals surface area contributed by atoms with Crippen LogP contribution in [0.25, 0.3) is 0 Å². The lowest BCUT2D eigenvalue weighted by atomic mass is 9.85. The van der Waals surface area contributed by atoms with E-state index in [1.54, 1.807) is 22.8 Å². The van der Waals surface area contributed by atoms with Gasteiger partial charge in [0, 0.05) is 45.1 Å². The number of hydrogen-bond donors (Lipinski definition) is 2. The molecule has 2 saturated heterocycles. The van der Waals surface area contributed by atoms with Gasteiger partial charge < -0.3 is 25.0 Å². The van der Waals surface area contributed by atoms with E-state index in [9.17, 15) is 14.0 Å². The number of likely N-dealkylation sites (tertiary alicyclic amines) is 1. The summed E-state index contributed by atoms with van der Waals surface area (Å²) in [7, 11) is 1.85. The molecule has 9 heteroatoms. The molecule has 2 aliphatic heterocycles. The average molecular weight is 436 g/mol. The SMILES string of the molecule is Cl.Cn1cccc1C(=O)NCCN1CCC2(CC1)C(=O)NCN2c1ccc(F)cc1. The zero-order valence-corrected chi connectivity index (χ0v) is 17.8. The van der Waals surface area contributed by atoms with E-state index in [-0.39, 0.29) is 30.0 Å². The third-order valence-corrected chi connectivity index (χ3v) is 6.05. The summed E-state index contributed by atoms with van der Waals surface area (Å²) < 4.78 is 15.1. The van der Waals surface area contributed by atoms with Crippen molar-refractivity contribution in [3.05, 3.63) is 54.1 Å².